The molecule has 2 aliphatic heterocycles. The molecule has 0 fully saturated rings. The Morgan fingerprint density at radius 1 is 0.969 bits per heavy atom. The summed E-state index contributed by atoms with van der Waals surface area (Å²) in [5.41, 5.74) is 4.27. The van der Waals surface area contributed by atoms with Crippen molar-refractivity contribution >= 4 is 23.4 Å². The second kappa shape index (κ2) is 7.64. The second-order valence-electron chi connectivity index (χ2n) is 8.13. The fourth-order valence-electron chi connectivity index (χ4n) is 4.31. The number of nitrogens with one attached hydrogen (secondary N) is 1. The Bertz CT molecular complexity index is 1280. The zero-order valence-corrected chi connectivity index (χ0v) is 17.8. The van der Waals surface area contributed by atoms with Gasteiger partial charge in [0.25, 0.3) is 17.7 Å². The molecule has 0 radical (unpaired) electrons. The highest BCUT2D eigenvalue weighted by Gasteiger charge is 2.38. The molecule has 0 aromatic heterocycles. The molecule has 2 aliphatic rings. The quantitative estimate of drug-likeness (QED) is 0.632. The van der Waals surface area contributed by atoms with Gasteiger partial charge in [-0.25, -0.2) is 4.90 Å². The van der Waals surface area contributed by atoms with Gasteiger partial charge in [0.2, 0.25) is 0 Å². The lowest BCUT2D eigenvalue weighted by atomic mass is 9.99. The van der Waals surface area contributed by atoms with E-state index in [1.807, 2.05) is 50.2 Å². The lowest BCUT2D eigenvalue weighted by molar-refractivity contribution is 0.0916. The molecule has 6 nitrogen and oxygen atoms in total. The number of carbonyl (C=O) groups is 3. The molecule has 160 valence electrons. The highest BCUT2D eigenvalue weighted by atomic mass is 16.5. The number of benzene rings is 3. The fraction of sp³-hybridized carbons (Fsp3) is 0.192. The third-order valence-electron chi connectivity index (χ3n) is 6.23. The van der Waals surface area contributed by atoms with Gasteiger partial charge < -0.3 is 10.1 Å². The molecule has 0 aliphatic carbocycles. The topological polar surface area (TPSA) is 75.7 Å². The zero-order chi connectivity index (χ0) is 22.4. The molecule has 3 amide bonds. The average Bonchev–Trinajstić information content (AvgIpc) is 3.05. The van der Waals surface area contributed by atoms with Crippen LogP contribution in [0.5, 0.6) is 5.75 Å². The van der Waals surface area contributed by atoms with E-state index in [4.69, 9.17) is 4.74 Å². The summed E-state index contributed by atoms with van der Waals surface area (Å²) in [5, 5.41) is 3.04. The van der Waals surface area contributed by atoms with Gasteiger partial charge in [-0.1, -0.05) is 30.3 Å². The first-order valence-electron chi connectivity index (χ1n) is 10.6. The van der Waals surface area contributed by atoms with E-state index in [9.17, 15) is 14.4 Å². The van der Waals surface area contributed by atoms with Crippen molar-refractivity contribution in [2.24, 2.45) is 0 Å². The number of hydrogen-bond acceptors (Lipinski definition) is 4. The minimum Gasteiger partial charge on any atom is -0.493 e. The molecular weight excluding hydrogens is 404 g/mol. The van der Waals surface area contributed by atoms with E-state index in [2.05, 4.69) is 5.32 Å². The summed E-state index contributed by atoms with van der Waals surface area (Å²) in [6.45, 7) is 4.34. The van der Waals surface area contributed by atoms with Crippen LogP contribution in [0.4, 0.5) is 5.69 Å². The van der Waals surface area contributed by atoms with Gasteiger partial charge in [0.1, 0.15) is 5.75 Å². The van der Waals surface area contributed by atoms with Crippen molar-refractivity contribution in [3.63, 3.8) is 0 Å². The lowest BCUT2D eigenvalue weighted by Crippen LogP contribution is -2.32. The number of hydrogen-bond donors (Lipinski definition) is 1. The first-order valence-corrected chi connectivity index (χ1v) is 10.6. The van der Waals surface area contributed by atoms with Crippen LogP contribution >= 0.6 is 0 Å². The van der Waals surface area contributed by atoms with E-state index in [0.29, 0.717) is 29.8 Å². The van der Waals surface area contributed by atoms with Crippen LogP contribution < -0.4 is 15.0 Å². The van der Waals surface area contributed by atoms with Gasteiger partial charge in [0.05, 0.1) is 29.5 Å². The third kappa shape index (κ3) is 3.15. The smallest absolute Gasteiger partial charge is 0.266 e. The van der Waals surface area contributed by atoms with Crippen LogP contribution in [0.2, 0.25) is 0 Å². The number of nitrogens with zero attached hydrogens (tertiary/aromatic N) is 1. The summed E-state index contributed by atoms with van der Waals surface area (Å²) in [5.74, 6) is -0.309. The van der Waals surface area contributed by atoms with E-state index in [1.54, 1.807) is 18.2 Å². The van der Waals surface area contributed by atoms with Crippen LogP contribution in [0, 0.1) is 13.8 Å². The molecule has 32 heavy (non-hydrogen) atoms. The number of imide groups is 1. The first-order chi connectivity index (χ1) is 15.5. The number of ether oxygens (including phenoxy) is 1. The minimum absolute atomic E-state index is 0.176. The number of rotatable bonds is 3. The number of para-hydroxylation sites is 1. The van der Waals surface area contributed by atoms with Gasteiger partial charge in [-0.3, -0.25) is 14.4 Å². The summed E-state index contributed by atoms with van der Waals surface area (Å²) < 4.78 is 5.66. The first kappa shape index (κ1) is 20.0. The van der Waals surface area contributed by atoms with Crippen LogP contribution in [0.15, 0.2) is 60.7 Å². The molecule has 3 aromatic carbocycles. The van der Waals surface area contributed by atoms with E-state index in [1.165, 1.54) is 11.0 Å². The van der Waals surface area contributed by atoms with Crippen molar-refractivity contribution in [3.8, 4) is 5.75 Å². The van der Waals surface area contributed by atoms with Crippen molar-refractivity contribution in [2.75, 3.05) is 11.5 Å². The van der Waals surface area contributed by atoms with E-state index in [-0.39, 0.29) is 23.4 Å². The Labute approximate surface area is 185 Å². The average molecular weight is 426 g/mol. The van der Waals surface area contributed by atoms with Crippen molar-refractivity contribution in [3.05, 3.63) is 94.0 Å². The number of carbonyl (C=O) groups excluding carboxylic acids is 3. The molecule has 5 rings (SSSR count). The molecule has 3 aromatic rings. The van der Waals surface area contributed by atoms with Gasteiger partial charge >= 0.3 is 0 Å². The Kier molecular flexibility index (Phi) is 4.78. The van der Waals surface area contributed by atoms with Crippen LogP contribution in [-0.2, 0) is 0 Å². The highest BCUT2D eigenvalue weighted by molar-refractivity contribution is 6.35. The number of anilines is 1. The Balaban J connectivity index is 1.43. The number of amides is 3. The fourth-order valence-corrected chi connectivity index (χ4v) is 4.31. The Morgan fingerprint density at radius 3 is 2.59 bits per heavy atom. The molecule has 6 heteroatoms. The lowest BCUT2D eigenvalue weighted by Gasteiger charge is -2.26. The van der Waals surface area contributed by atoms with Gasteiger partial charge in [0.15, 0.2) is 0 Å². The molecule has 2 heterocycles. The molecule has 1 N–H and O–H groups in total. The van der Waals surface area contributed by atoms with Crippen LogP contribution in [0.25, 0.3) is 0 Å². The van der Waals surface area contributed by atoms with Crippen LogP contribution in [0.3, 0.4) is 0 Å². The summed E-state index contributed by atoms with van der Waals surface area (Å²) in [7, 11) is 0. The van der Waals surface area contributed by atoms with E-state index in [0.717, 1.165) is 22.4 Å². The second-order valence-corrected chi connectivity index (χ2v) is 8.13. The van der Waals surface area contributed by atoms with Crippen LogP contribution in [0.1, 0.15) is 60.2 Å². The maximum absolute atomic E-state index is 13.2. The standard InChI is InChI=1S/C26H22N2O4/c1-15-6-5-8-22(16(15)2)28-25(30)18-11-10-17(14-20(18)26(28)31)24(29)27-21-12-13-32-23-9-4-3-7-19(21)23/h3-11,14,21H,12-13H2,1-2H3,(H,27,29). The molecule has 1 unspecified atom stereocenters. The minimum atomic E-state index is -0.412. The normalized spacial score (nSPS) is 16.9. The molecule has 0 saturated heterocycles. The molecule has 1 atom stereocenters. The summed E-state index contributed by atoms with van der Waals surface area (Å²) >= 11 is 0. The Morgan fingerprint density at radius 2 is 1.75 bits per heavy atom. The largest absolute Gasteiger partial charge is 0.493 e. The van der Waals surface area contributed by atoms with Gasteiger partial charge in [-0.05, 0) is 55.3 Å². The van der Waals surface area contributed by atoms with E-state index >= 15 is 0 Å². The predicted molar refractivity (Wildman–Crippen MR) is 120 cm³/mol. The summed E-state index contributed by atoms with van der Waals surface area (Å²) in [4.78, 5) is 40.4. The Hall–Kier alpha value is -3.93. The monoisotopic (exact) mass is 426 g/mol. The molecular formula is C26H22N2O4. The van der Waals surface area contributed by atoms with Crippen molar-refractivity contribution < 1.29 is 19.1 Å². The van der Waals surface area contributed by atoms with Crippen molar-refractivity contribution in [2.45, 2.75) is 26.3 Å². The highest BCUT2D eigenvalue weighted by Crippen LogP contribution is 2.34. The summed E-state index contributed by atoms with van der Waals surface area (Å²) in [6.07, 6.45) is 0.658. The zero-order valence-electron chi connectivity index (χ0n) is 17.8. The maximum atomic E-state index is 13.2. The van der Waals surface area contributed by atoms with Crippen molar-refractivity contribution in [1.82, 2.24) is 5.32 Å². The number of aryl methyl sites for hydroxylation is 1. The summed E-state index contributed by atoms with van der Waals surface area (Å²) in [6, 6.07) is 17.7. The molecule has 0 saturated carbocycles. The molecule has 0 bridgehead atoms. The predicted octanol–water partition coefficient (Wildman–Crippen LogP) is 4.36. The SMILES string of the molecule is Cc1cccc(N2C(=O)c3ccc(C(=O)NC4CCOc5ccccc54)cc3C2=O)c1C. The van der Waals surface area contributed by atoms with Crippen LogP contribution in [-0.4, -0.2) is 24.3 Å². The van der Waals surface area contributed by atoms with Crippen molar-refractivity contribution in [1.29, 1.82) is 0 Å². The van der Waals surface area contributed by atoms with Gasteiger partial charge in [-0.15, -0.1) is 0 Å². The third-order valence-corrected chi connectivity index (χ3v) is 6.23. The van der Waals surface area contributed by atoms with Gasteiger partial charge in [-0.2, -0.15) is 0 Å². The maximum Gasteiger partial charge on any atom is 0.266 e. The van der Waals surface area contributed by atoms with Gasteiger partial charge in [0, 0.05) is 17.5 Å². The van der Waals surface area contributed by atoms with E-state index < -0.39 is 5.91 Å². The number of fused-ring (bicyclic) bond motifs is 2. The molecule has 0 spiro atoms.